The number of nitrogens with zero attached hydrogens (tertiary/aromatic N) is 1. The second-order valence-electron chi connectivity index (χ2n) is 4.22. The zero-order valence-electron chi connectivity index (χ0n) is 10.6. The Labute approximate surface area is 142 Å². The number of carbonyl (C=O) groups is 1. The third kappa shape index (κ3) is 4.09. The Kier molecular flexibility index (Phi) is 5.08. The van der Waals surface area contributed by atoms with Gasteiger partial charge in [0, 0.05) is 16.4 Å². The van der Waals surface area contributed by atoms with Crippen LogP contribution in [0.25, 0.3) is 0 Å². The standard InChI is InChI=1S/C13H10Br2ClN3O2/c14-7-3-9(15)13(21)19(5-7)6-12(20)18-8-1-2-10(16)11(17)4-8/h1-5H,6,17H2,(H,18,20). The molecule has 1 amide bonds. The smallest absolute Gasteiger partial charge is 0.265 e. The molecule has 0 saturated heterocycles. The van der Waals surface area contributed by atoms with Crippen molar-refractivity contribution in [3.8, 4) is 0 Å². The highest BCUT2D eigenvalue weighted by molar-refractivity contribution is 9.11. The van der Waals surface area contributed by atoms with E-state index in [-0.39, 0.29) is 18.0 Å². The molecule has 0 unspecified atom stereocenters. The number of anilines is 2. The van der Waals surface area contributed by atoms with E-state index in [0.29, 0.717) is 25.3 Å². The lowest BCUT2D eigenvalue weighted by molar-refractivity contribution is -0.116. The summed E-state index contributed by atoms with van der Waals surface area (Å²) in [5.74, 6) is -0.344. The fourth-order valence-corrected chi connectivity index (χ4v) is 3.03. The number of halogens is 3. The number of hydrogen-bond donors (Lipinski definition) is 2. The fourth-order valence-electron chi connectivity index (χ4n) is 1.66. The van der Waals surface area contributed by atoms with Crippen LogP contribution in [0, 0.1) is 0 Å². The molecule has 1 aromatic carbocycles. The summed E-state index contributed by atoms with van der Waals surface area (Å²) in [5.41, 5.74) is 6.26. The third-order valence-corrected chi connectivity index (χ3v) is 3.95. The van der Waals surface area contributed by atoms with Gasteiger partial charge in [0.15, 0.2) is 0 Å². The highest BCUT2D eigenvalue weighted by atomic mass is 79.9. The average molecular weight is 436 g/mol. The van der Waals surface area contributed by atoms with E-state index in [9.17, 15) is 9.59 Å². The van der Waals surface area contributed by atoms with Crippen LogP contribution in [0.2, 0.25) is 5.02 Å². The van der Waals surface area contributed by atoms with Gasteiger partial charge >= 0.3 is 0 Å². The van der Waals surface area contributed by atoms with Crippen molar-refractivity contribution in [2.24, 2.45) is 0 Å². The molecule has 0 aliphatic carbocycles. The highest BCUT2D eigenvalue weighted by Gasteiger charge is 2.09. The number of rotatable bonds is 3. The van der Waals surface area contributed by atoms with Gasteiger partial charge in [-0.2, -0.15) is 0 Å². The summed E-state index contributed by atoms with van der Waals surface area (Å²) in [4.78, 5) is 23.9. The summed E-state index contributed by atoms with van der Waals surface area (Å²) in [6.45, 7) is -0.112. The lowest BCUT2D eigenvalue weighted by Gasteiger charge is -2.09. The zero-order valence-corrected chi connectivity index (χ0v) is 14.5. The minimum atomic E-state index is -0.344. The van der Waals surface area contributed by atoms with Crippen molar-refractivity contribution in [1.82, 2.24) is 4.57 Å². The van der Waals surface area contributed by atoms with Crippen LogP contribution in [-0.2, 0) is 11.3 Å². The van der Waals surface area contributed by atoms with Crippen molar-refractivity contribution in [3.63, 3.8) is 0 Å². The molecule has 2 rings (SSSR count). The van der Waals surface area contributed by atoms with Gasteiger partial charge in [-0.1, -0.05) is 11.6 Å². The Morgan fingerprint density at radius 1 is 1.33 bits per heavy atom. The van der Waals surface area contributed by atoms with E-state index in [2.05, 4.69) is 37.2 Å². The van der Waals surface area contributed by atoms with Crippen LogP contribution >= 0.6 is 43.5 Å². The maximum atomic E-state index is 12.0. The SMILES string of the molecule is Nc1cc(NC(=O)Cn2cc(Br)cc(Br)c2=O)ccc1Cl. The van der Waals surface area contributed by atoms with E-state index < -0.39 is 0 Å². The Bertz CT molecular complexity index is 762. The van der Waals surface area contributed by atoms with Crippen LogP contribution in [0.3, 0.4) is 0 Å². The molecule has 1 heterocycles. The molecule has 0 radical (unpaired) electrons. The molecule has 0 saturated carbocycles. The zero-order chi connectivity index (χ0) is 15.6. The van der Waals surface area contributed by atoms with Crippen molar-refractivity contribution in [2.45, 2.75) is 6.54 Å². The van der Waals surface area contributed by atoms with Gasteiger partial charge in [-0.25, -0.2) is 0 Å². The number of nitrogen functional groups attached to an aromatic ring is 1. The predicted molar refractivity (Wildman–Crippen MR) is 90.6 cm³/mol. The monoisotopic (exact) mass is 433 g/mol. The number of carbonyl (C=O) groups excluding carboxylic acids is 1. The molecule has 0 atom stereocenters. The summed E-state index contributed by atoms with van der Waals surface area (Å²) in [5, 5.41) is 3.07. The van der Waals surface area contributed by atoms with Gasteiger partial charge in [-0.3, -0.25) is 9.59 Å². The highest BCUT2D eigenvalue weighted by Crippen LogP contribution is 2.22. The maximum absolute atomic E-state index is 12.0. The molecule has 0 aliphatic rings. The van der Waals surface area contributed by atoms with Gasteiger partial charge in [0.05, 0.1) is 15.2 Å². The number of nitrogens with two attached hydrogens (primary N) is 1. The summed E-state index contributed by atoms with van der Waals surface area (Å²) in [6, 6.07) is 6.40. The van der Waals surface area contributed by atoms with Gasteiger partial charge in [-0.05, 0) is 56.1 Å². The number of hydrogen-bond acceptors (Lipinski definition) is 3. The van der Waals surface area contributed by atoms with Crippen LogP contribution in [0.4, 0.5) is 11.4 Å². The normalized spacial score (nSPS) is 10.4. The molecule has 21 heavy (non-hydrogen) atoms. The van der Waals surface area contributed by atoms with Gasteiger partial charge in [-0.15, -0.1) is 0 Å². The lowest BCUT2D eigenvalue weighted by atomic mass is 10.3. The molecule has 0 aliphatic heterocycles. The first-order valence-electron chi connectivity index (χ1n) is 5.77. The second-order valence-corrected chi connectivity index (χ2v) is 6.40. The maximum Gasteiger partial charge on any atom is 0.265 e. The van der Waals surface area contributed by atoms with Gasteiger partial charge in [0.2, 0.25) is 5.91 Å². The van der Waals surface area contributed by atoms with Gasteiger partial charge < -0.3 is 15.6 Å². The van der Waals surface area contributed by atoms with E-state index in [1.54, 1.807) is 30.5 Å². The van der Waals surface area contributed by atoms with Gasteiger partial charge in [0.25, 0.3) is 5.56 Å². The summed E-state index contributed by atoms with van der Waals surface area (Å²) >= 11 is 12.2. The van der Waals surface area contributed by atoms with Crippen LogP contribution in [-0.4, -0.2) is 10.5 Å². The van der Waals surface area contributed by atoms with Crippen LogP contribution < -0.4 is 16.6 Å². The van der Waals surface area contributed by atoms with Crippen molar-refractivity contribution in [2.75, 3.05) is 11.1 Å². The quantitative estimate of drug-likeness (QED) is 0.727. The molecule has 3 N–H and O–H groups in total. The first-order valence-corrected chi connectivity index (χ1v) is 7.73. The number of pyridine rings is 1. The Morgan fingerprint density at radius 3 is 2.71 bits per heavy atom. The predicted octanol–water partition coefficient (Wildman–Crippen LogP) is 3.25. The van der Waals surface area contributed by atoms with Gasteiger partial charge in [0.1, 0.15) is 6.54 Å². The molecule has 2 aromatic rings. The minimum Gasteiger partial charge on any atom is -0.397 e. The van der Waals surface area contributed by atoms with Crippen LogP contribution in [0.5, 0.6) is 0 Å². The van der Waals surface area contributed by atoms with Crippen molar-refractivity contribution >= 4 is 60.7 Å². The van der Waals surface area contributed by atoms with Crippen LogP contribution in [0.15, 0.2) is 44.2 Å². The van der Waals surface area contributed by atoms with Crippen molar-refractivity contribution in [1.29, 1.82) is 0 Å². The first-order chi connectivity index (χ1) is 9.86. The van der Waals surface area contributed by atoms with Crippen molar-refractivity contribution in [3.05, 3.63) is 54.8 Å². The molecule has 0 fully saturated rings. The Morgan fingerprint density at radius 2 is 2.05 bits per heavy atom. The fraction of sp³-hybridized carbons (Fsp3) is 0.0769. The molecular formula is C13H10Br2ClN3O2. The Balaban J connectivity index is 2.15. The third-order valence-electron chi connectivity index (χ3n) is 2.60. The number of benzene rings is 1. The minimum absolute atomic E-state index is 0.112. The number of nitrogens with one attached hydrogen (secondary N) is 1. The van der Waals surface area contributed by atoms with Crippen molar-refractivity contribution < 1.29 is 4.79 Å². The number of aromatic nitrogens is 1. The van der Waals surface area contributed by atoms with Crippen LogP contribution in [0.1, 0.15) is 0 Å². The van der Waals surface area contributed by atoms with E-state index in [1.807, 2.05) is 0 Å². The summed E-state index contributed by atoms with van der Waals surface area (Å²) in [7, 11) is 0. The largest absolute Gasteiger partial charge is 0.397 e. The molecule has 0 bridgehead atoms. The average Bonchev–Trinajstić information content (AvgIpc) is 2.39. The van der Waals surface area contributed by atoms with E-state index in [0.717, 1.165) is 0 Å². The molecule has 8 heteroatoms. The number of amides is 1. The molecule has 0 spiro atoms. The first kappa shape index (κ1) is 16.1. The lowest BCUT2D eigenvalue weighted by Crippen LogP contribution is -2.27. The molecule has 1 aromatic heterocycles. The van der Waals surface area contributed by atoms with E-state index in [1.165, 1.54) is 4.57 Å². The molecule has 110 valence electrons. The Hall–Kier alpha value is -1.31. The molecular weight excluding hydrogens is 425 g/mol. The summed E-state index contributed by atoms with van der Waals surface area (Å²) in [6.07, 6.45) is 1.54. The van der Waals surface area contributed by atoms with E-state index in [4.69, 9.17) is 17.3 Å². The topological polar surface area (TPSA) is 77.1 Å². The summed E-state index contributed by atoms with van der Waals surface area (Å²) < 4.78 is 2.36. The second kappa shape index (κ2) is 6.64. The van der Waals surface area contributed by atoms with E-state index >= 15 is 0 Å². The molecule has 5 nitrogen and oxygen atoms in total.